The minimum Gasteiger partial charge on any atom is -0.372 e. The summed E-state index contributed by atoms with van der Waals surface area (Å²) < 4.78 is 5.62. The van der Waals surface area contributed by atoms with Crippen LogP contribution in [0.15, 0.2) is 6.07 Å². The second-order valence-corrected chi connectivity index (χ2v) is 6.74. The lowest BCUT2D eigenvalue weighted by Gasteiger charge is -2.31. The van der Waals surface area contributed by atoms with Crippen molar-refractivity contribution in [1.82, 2.24) is 15.1 Å². The number of nitrogens with zero attached hydrogens (tertiary/aromatic N) is 2. The van der Waals surface area contributed by atoms with Gasteiger partial charge in [0.1, 0.15) is 0 Å². The number of anilines is 1. The number of aromatic amines is 1. The Morgan fingerprint density at radius 3 is 2.77 bits per heavy atom. The zero-order valence-corrected chi connectivity index (χ0v) is 12.9. The number of hydrogen-bond donors (Lipinski definition) is 2. The molecule has 1 aliphatic carbocycles. The molecule has 22 heavy (non-hydrogen) atoms. The molecule has 1 saturated carbocycles. The summed E-state index contributed by atoms with van der Waals surface area (Å²) in [5.41, 5.74) is 0.969. The molecule has 1 aromatic heterocycles. The summed E-state index contributed by atoms with van der Waals surface area (Å²) in [5.74, 6) is 0.860. The Kier molecular flexibility index (Phi) is 3.88. The van der Waals surface area contributed by atoms with Crippen molar-refractivity contribution in [3.63, 3.8) is 0 Å². The zero-order chi connectivity index (χ0) is 14.9. The first-order valence-electron chi connectivity index (χ1n) is 8.51. The third-order valence-corrected chi connectivity index (χ3v) is 5.09. The second-order valence-electron chi connectivity index (χ2n) is 6.74. The van der Waals surface area contributed by atoms with Crippen LogP contribution in [-0.2, 0) is 9.53 Å². The molecule has 120 valence electrons. The maximum Gasteiger partial charge on any atom is 0.228 e. The van der Waals surface area contributed by atoms with Gasteiger partial charge >= 0.3 is 0 Å². The number of nitrogens with one attached hydrogen (secondary N) is 2. The molecule has 0 radical (unpaired) electrons. The van der Waals surface area contributed by atoms with E-state index < -0.39 is 0 Å². The van der Waals surface area contributed by atoms with Crippen LogP contribution < -0.4 is 5.32 Å². The van der Waals surface area contributed by atoms with Crippen molar-refractivity contribution in [3.05, 3.63) is 11.8 Å². The monoisotopic (exact) mass is 304 g/mol. The van der Waals surface area contributed by atoms with Gasteiger partial charge in [-0.3, -0.25) is 9.89 Å². The molecule has 2 N–H and O–H groups in total. The Morgan fingerprint density at radius 1 is 1.27 bits per heavy atom. The van der Waals surface area contributed by atoms with Gasteiger partial charge in [-0.1, -0.05) is 0 Å². The maximum absolute atomic E-state index is 12.4. The average Bonchev–Trinajstić information content (AvgIpc) is 3.05. The van der Waals surface area contributed by atoms with Gasteiger partial charge in [0.05, 0.1) is 11.8 Å². The summed E-state index contributed by atoms with van der Waals surface area (Å²) >= 11 is 0. The molecular formula is C16H24N4O2. The number of amides is 1. The van der Waals surface area contributed by atoms with E-state index in [0.29, 0.717) is 5.82 Å². The van der Waals surface area contributed by atoms with E-state index in [1.807, 2.05) is 6.07 Å². The van der Waals surface area contributed by atoms with Gasteiger partial charge in [0.15, 0.2) is 5.82 Å². The quantitative estimate of drug-likeness (QED) is 0.893. The van der Waals surface area contributed by atoms with Crippen molar-refractivity contribution in [2.45, 2.75) is 50.7 Å². The predicted octanol–water partition coefficient (Wildman–Crippen LogP) is 2.07. The minimum atomic E-state index is 0.111. The third kappa shape index (κ3) is 3.03. The topological polar surface area (TPSA) is 70.2 Å². The number of carbonyl (C=O) groups excluding carboxylic acids is 1. The molecule has 0 bridgehead atoms. The molecule has 1 amide bonds. The van der Waals surface area contributed by atoms with Crippen LogP contribution in [-0.4, -0.2) is 46.7 Å². The molecule has 1 aromatic rings. The molecular weight excluding hydrogens is 280 g/mol. The Bertz CT molecular complexity index is 526. The minimum absolute atomic E-state index is 0.111. The summed E-state index contributed by atoms with van der Waals surface area (Å²) in [5, 5.41) is 10.1. The van der Waals surface area contributed by atoms with Crippen molar-refractivity contribution in [2.24, 2.45) is 5.92 Å². The fourth-order valence-corrected chi connectivity index (χ4v) is 3.58. The molecule has 2 aliphatic heterocycles. The number of ether oxygens (including phenoxy) is 1. The second kappa shape index (κ2) is 6.01. The number of likely N-dealkylation sites (tertiary alicyclic amines) is 1. The Balaban J connectivity index is 1.30. The summed E-state index contributed by atoms with van der Waals surface area (Å²) in [7, 11) is 0. The van der Waals surface area contributed by atoms with E-state index in [9.17, 15) is 4.79 Å². The van der Waals surface area contributed by atoms with Crippen LogP contribution in [0.25, 0.3) is 0 Å². The molecule has 2 saturated heterocycles. The number of hydrogen-bond acceptors (Lipinski definition) is 4. The van der Waals surface area contributed by atoms with Crippen LogP contribution in [0.1, 0.15) is 50.3 Å². The van der Waals surface area contributed by atoms with Crippen LogP contribution in [0.4, 0.5) is 5.82 Å². The Labute approximate surface area is 130 Å². The van der Waals surface area contributed by atoms with Crippen molar-refractivity contribution < 1.29 is 9.53 Å². The van der Waals surface area contributed by atoms with E-state index in [0.717, 1.165) is 57.1 Å². The van der Waals surface area contributed by atoms with Gasteiger partial charge in [-0.15, -0.1) is 0 Å². The maximum atomic E-state index is 12.4. The van der Waals surface area contributed by atoms with E-state index in [1.165, 1.54) is 12.8 Å². The predicted molar refractivity (Wildman–Crippen MR) is 82.5 cm³/mol. The summed E-state index contributed by atoms with van der Waals surface area (Å²) in [4.78, 5) is 14.9. The van der Waals surface area contributed by atoms with E-state index in [2.05, 4.69) is 20.4 Å². The molecule has 3 aliphatic rings. The number of rotatable bonds is 4. The van der Waals surface area contributed by atoms with Crippen LogP contribution >= 0.6 is 0 Å². The molecule has 1 atom stereocenters. The van der Waals surface area contributed by atoms with Crippen molar-refractivity contribution in [1.29, 1.82) is 0 Å². The van der Waals surface area contributed by atoms with Gasteiger partial charge in [-0.05, 0) is 51.6 Å². The highest BCUT2D eigenvalue weighted by Crippen LogP contribution is 2.31. The highest BCUT2D eigenvalue weighted by Gasteiger charge is 2.33. The normalized spacial score (nSPS) is 27.2. The van der Waals surface area contributed by atoms with Crippen molar-refractivity contribution >= 4 is 11.7 Å². The van der Waals surface area contributed by atoms with Crippen LogP contribution in [0.5, 0.6) is 0 Å². The fourth-order valence-electron chi connectivity index (χ4n) is 3.58. The molecule has 6 nitrogen and oxygen atoms in total. The smallest absolute Gasteiger partial charge is 0.228 e. The summed E-state index contributed by atoms with van der Waals surface area (Å²) in [6.45, 7) is 2.93. The molecule has 0 aromatic carbocycles. The molecule has 3 fully saturated rings. The average molecular weight is 304 g/mol. The van der Waals surface area contributed by atoms with E-state index in [4.69, 9.17) is 4.74 Å². The number of carbonyl (C=O) groups is 1. The summed E-state index contributed by atoms with van der Waals surface area (Å²) in [6.07, 6.45) is 6.84. The number of aromatic nitrogens is 2. The lowest BCUT2D eigenvalue weighted by molar-refractivity contribution is -0.121. The van der Waals surface area contributed by atoms with Crippen molar-refractivity contribution in [2.75, 3.05) is 25.0 Å². The molecule has 0 unspecified atom stereocenters. The van der Waals surface area contributed by atoms with Gasteiger partial charge in [-0.25, -0.2) is 0 Å². The van der Waals surface area contributed by atoms with E-state index in [1.54, 1.807) is 0 Å². The van der Waals surface area contributed by atoms with E-state index in [-0.39, 0.29) is 17.9 Å². The lowest BCUT2D eigenvalue weighted by atomic mass is 9.96. The molecule has 6 heteroatoms. The lowest BCUT2D eigenvalue weighted by Crippen LogP contribution is -2.39. The van der Waals surface area contributed by atoms with Gasteiger partial charge < -0.3 is 15.0 Å². The van der Waals surface area contributed by atoms with Crippen LogP contribution in [0.3, 0.4) is 0 Å². The Hall–Kier alpha value is -1.40. The Morgan fingerprint density at radius 2 is 2.09 bits per heavy atom. The van der Waals surface area contributed by atoms with Gasteiger partial charge in [-0.2, -0.15) is 5.10 Å². The fraction of sp³-hybridized carbons (Fsp3) is 0.750. The highest BCUT2D eigenvalue weighted by atomic mass is 16.5. The van der Waals surface area contributed by atoms with Gasteiger partial charge in [0.25, 0.3) is 0 Å². The highest BCUT2D eigenvalue weighted by molar-refractivity contribution is 5.91. The zero-order valence-electron chi connectivity index (χ0n) is 12.9. The first-order valence-corrected chi connectivity index (χ1v) is 8.51. The van der Waals surface area contributed by atoms with Gasteiger partial charge in [0, 0.05) is 24.6 Å². The molecule has 3 heterocycles. The largest absolute Gasteiger partial charge is 0.372 e. The first kappa shape index (κ1) is 14.2. The molecule has 4 rings (SSSR count). The van der Waals surface area contributed by atoms with Crippen LogP contribution in [0.2, 0.25) is 0 Å². The number of piperidine rings is 1. The van der Waals surface area contributed by atoms with Gasteiger partial charge in [0.2, 0.25) is 5.91 Å². The SMILES string of the molecule is O=C(Nc1cc([C@@H]2CCCO2)[nH]n1)C1CCN(C2CC2)CC1. The molecule has 0 spiro atoms. The standard InChI is InChI=1S/C16H24N4O2/c21-16(11-5-7-20(8-6-11)12-3-4-12)17-15-10-13(18-19-15)14-2-1-9-22-14/h10-12,14H,1-9H2,(H2,17,18,19,21)/t14-/m0/s1. The van der Waals surface area contributed by atoms with Crippen molar-refractivity contribution in [3.8, 4) is 0 Å². The third-order valence-electron chi connectivity index (χ3n) is 5.09. The van der Waals surface area contributed by atoms with Crippen LogP contribution in [0, 0.1) is 5.92 Å². The van der Waals surface area contributed by atoms with E-state index >= 15 is 0 Å². The summed E-state index contributed by atoms with van der Waals surface area (Å²) in [6, 6.07) is 2.72. The first-order chi connectivity index (χ1) is 10.8. The number of H-pyrrole nitrogens is 1.